The number of aliphatic hydroxyl groups is 1. The fraction of sp³-hybridized carbons (Fsp3) is 0.273. The molecule has 0 radical (unpaired) electrons. The van der Waals surface area contributed by atoms with Gasteiger partial charge in [0.15, 0.2) is 17.3 Å². The second-order valence-electron chi connectivity index (χ2n) is 7.59. The van der Waals surface area contributed by atoms with Crippen molar-refractivity contribution in [1.29, 1.82) is 0 Å². The molecule has 0 fully saturated rings. The number of rotatable bonds is 8. The third-order valence-electron chi connectivity index (χ3n) is 5.37. The van der Waals surface area contributed by atoms with Gasteiger partial charge in [-0.1, -0.05) is 30.3 Å². The largest absolute Gasteiger partial charge is 0.454 e. The molecule has 2 aromatic carbocycles. The summed E-state index contributed by atoms with van der Waals surface area (Å²) in [5.74, 6) is 1.93. The van der Waals surface area contributed by atoms with Crippen molar-refractivity contribution in [2.75, 3.05) is 19.9 Å². The van der Waals surface area contributed by atoms with E-state index in [2.05, 4.69) is 20.5 Å². The first kappa shape index (κ1) is 20.2. The Bertz CT molecular complexity index is 1290. The Morgan fingerprint density at radius 2 is 1.91 bits per heavy atom. The number of H-pyrrole nitrogens is 1. The van der Waals surface area contributed by atoms with Gasteiger partial charge in [-0.05, 0) is 28.1 Å². The van der Waals surface area contributed by atoms with Gasteiger partial charge in [0.2, 0.25) is 6.79 Å². The van der Waals surface area contributed by atoms with Gasteiger partial charge in [0.25, 0.3) is 5.56 Å². The number of nitrogens with zero attached hydrogens (tertiary/aromatic N) is 5. The van der Waals surface area contributed by atoms with Crippen LogP contribution >= 0.6 is 0 Å². The first-order chi connectivity index (χ1) is 15.7. The van der Waals surface area contributed by atoms with Crippen molar-refractivity contribution in [1.82, 2.24) is 30.1 Å². The van der Waals surface area contributed by atoms with Crippen molar-refractivity contribution in [3.63, 3.8) is 0 Å². The van der Waals surface area contributed by atoms with Crippen molar-refractivity contribution in [3.8, 4) is 11.5 Å². The molecular weight excluding hydrogens is 412 g/mol. The van der Waals surface area contributed by atoms with Crippen molar-refractivity contribution < 1.29 is 14.6 Å². The van der Waals surface area contributed by atoms with Gasteiger partial charge < -0.3 is 19.6 Å². The van der Waals surface area contributed by atoms with Crippen LogP contribution in [0.3, 0.4) is 0 Å². The minimum Gasteiger partial charge on any atom is -0.454 e. The molecule has 2 aromatic heterocycles. The molecule has 0 atom stereocenters. The molecule has 0 amide bonds. The predicted octanol–water partition coefficient (Wildman–Crippen LogP) is 1.29. The maximum atomic E-state index is 12.7. The molecule has 4 aromatic rings. The van der Waals surface area contributed by atoms with E-state index in [9.17, 15) is 9.90 Å². The topological polar surface area (TPSA) is 118 Å². The van der Waals surface area contributed by atoms with Crippen LogP contribution in [0.4, 0.5) is 0 Å². The SMILES string of the molecule is O=c1[nH]c2cc3c(cc2cc1CN(CCO)Cc1nnnn1Cc1ccccc1)OCO3. The number of nitrogens with one attached hydrogen (secondary N) is 1. The second kappa shape index (κ2) is 8.77. The summed E-state index contributed by atoms with van der Waals surface area (Å²) >= 11 is 0. The van der Waals surface area contributed by atoms with E-state index in [0.29, 0.717) is 54.6 Å². The van der Waals surface area contributed by atoms with Gasteiger partial charge in [0, 0.05) is 30.1 Å². The van der Waals surface area contributed by atoms with Gasteiger partial charge in [-0.15, -0.1) is 5.10 Å². The lowest BCUT2D eigenvalue weighted by Gasteiger charge is -2.20. The fourth-order valence-corrected chi connectivity index (χ4v) is 3.77. The van der Waals surface area contributed by atoms with Crippen LogP contribution < -0.4 is 15.0 Å². The Balaban J connectivity index is 1.38. The number of ether oxygens (including phenoxy) is 2. The Morgan fingerprint density at radius 1 is 1.09 bits per heavy atom. The van der Waals surface area contributed by atoms with E-state index in [0.717, 1.165) is 10.9 Å². The minimum atomic E-state index is -0.191. The lowest BCUT2D eigenvalue weighted by Crippen LogP contribution is -2.30. The van der Waals surface area contributed by atoms with E-state index >= 15 is 0 Å². The quantitative estimate of drug-likeness (QED) is 0.426. The average molecular weight is 434 g/mol. The van der Waals surface area contributed by atoms with Crippen LogP contribution in [0.15, 0.2) is 53.3 Å². The third-order valence-corrected chi connectivity index (χ3v) is 5.37. The predicted molar refractivity (Wildman–Crippen MR) is 115 cm³/mol. The van der Waals surface area contributed by atoms with Crippen molar-refractivity contribution >= 4 is 10.9 Å². The number of aliphatic hydroxyl groups excluding tert-OH is 1. The van der Waals surface area contributed by atoms with E-state index in [1.807, 2.05) is 47.4 Å². The summed E-state index contributed by atoms with van der Waals surface area (Å²) in [5, 5.41) is 22.5. The molecule has 0 aliphatic carbocycles. The normalized spacial score (nSPS) is 12.7. The van der Waals surface area contributed by atoms with Gasteiger partial charge in [-0.25, -0.2) is 4.68 Å². The van der Waals surface area contributed by atoms with Gasteiger partial charge in [0.1, 0.15) is 0 Å². The average Bonchev–Trinajstić information content (AvgIpc) is 3.42. The number of aromatic nitrogens is 5. The zero-order chi connectivity index (χ0) is 21.9. The first-order valence-corrected chi connectivity index (χ1v) is 10.3. The molecule has 10 heteroatoms. The number of hydrogen-bond acceptors (Lipinski definition) is 8. The van der Waals surface area contributed by atoms with E-state index in [1.54, 1.807) is 10.7 Å². The van der Waals surface area contributed by atoms with Gasteiger partial charge in [-0.3, -0.25) is 9.69 Å². The second-order valence-corrected chi connectivity index (χ2v) is 7.59. The first-order valence-electron chi connectivity index (χ1n) is 10.3. The maximum Gasteiger partial charge on any atom is 0.252 e. The summed E-state index contributed by atoms with van der Waals surface area (Å²) in [6.07, 6.45) is 0. The molecule has 0 saturated heterocycles. The van der Waals surface area contributed by atoms with Crippen LogP contribution in [-0.2, 0) is 19.6 Å². The number of fused-ring (bicyclic) bond motifs is 2. The zero-order valence-electron chi connectivity index (χ0n) is 17.3. The molecule has 1 aliphatic rings. The van der Waals surface area contributed by atoms with Crippen LogP contribution in [0.5, 0.6) is 11.5 Å². The summed E-state index contributed by atoms with van der Waals surface area (Å²) in [5.41, 5.74) is 2.15. The fourth-order valence-electron chi connectivity index (χ4n) is 3.77. The smallest absolute Gasteiger partial charge is 0.252 e. The Kier molecular flexibility index (Phi) is 5.53. The standard InChI is InChI=1S/C22H22N6O4/c29-7-6-27(13-21-24-25-26-28(21)11-15-4-2-1-3-5-15)12-17-8-16-9-19-20(32-14-31-19)10-18(16)23-22(17)30/h1-5,8-10,29H,6-7,11-14H2,(H,23,30). The molecule has 32 heavy (non-hydrogen) atoms. The number of tetrazole rings is 1. The molecule has 0 unspecified atom stereocenters. The molecule has 0 spiro atoms. The molecular formula is C22H22N6O4. The number of hydrogen-bond donors (Lipinski definition) is 2. The van der Waals surface area contributed by atoms with Gasteiger partial charge in [0.05, 0.1) is 25.2 Å². The van der Waals surface area contributed by atoms with Crippen LogP contribution in [0.2, 0.25) is 0 Å². The Hall–Kier alpha value is -3.76. The molecule has 1 aliphatic heterocycles. The van der Waals surface area contributed by atoms with E-state index < -0.39 is 0 Å². The summed E-state index contributed by atoms with van der Waals surface area (Å²) in [7, 11) is 0. The molecule has 5 rings (SSSR count). The van der Waals surface area contributed by atoms with Crippen molar-refractivity contribution in [3.05, 3.63) is 75.8 Å². The minimum absolute atomic E-state index is 0.0512. The Labute approximate surface area is 183 Å². The van der Waals surface area contributed by atoms with Crippen molar-refractivity contribution in [2.45, 2.75) is 19.6 Å². The number of benzene rings is 2. The van der Waals surface area contributed by atoms with Crippen LogP contribution in [0.1, 0.15) is 17.0 Å². The Morgan fingerprint density at radius 3 is 2.72 bits per heavy atom. The maximum absolute atomic E-state index is 12.7. The zero-order valence-corrected chi connectivity index (χ0v) is 17.3. The highest BCUT2D eigenvalue weighted by Crippen LogP contribution is 2.35. The molecule has 2 N–H and O–H groups in total. The highest BCUT2D eigenvalue weighted by atomic mass is 16.7. The van der Waals surface area contributed by atoms with Crippen LogP contribution in [-0.4, -0.2) is 55.1 Å². The van der Waals surface area contributed by atoms with Crippen LogP contribution in [0.25, 0.3) is 10.9 Å². The molecule has 10 nitrogen and oxygen atoms in total. The van der Waals surface area contributed by atoms with Crippen LogP contribution in [0, 0.1) is 0 Å². The summed E-state index contributed by atoms with van der Waals surface area (Å²) < 4.78 is 12.6. The van der Waals surface area contributed by atoms with Gasteiger partial charge in [-0.2, -0.15) is 0 Å². The summed E-state index contributed by atoms with van der Waals surface area (Å²) in [6, 6.07) is 15.4. The lowest BCUT2D eigenvalue weighted by atomic mass is 10.1. The highest BCUT2D eigenvalue weighted by molar-refractivity contribution is 5.83. The monoisotopic (exact) mass is 434 g/mol. The summed E-state index contributed by atoms with van der Waals surface area (Å²) in [6.45, 7) is 1.75. The highest BCUT2D eigenvalue weighted by Gasteiger charge is 2.18. The molecule has 164 valence electrons. The van der Waals surface area contributed by atoms with E-state index in [4.69, 9.17) is 9.47 Å². The number of pyridine rings is 1. The van der Waals surface area contributed by atoms with E-state index in [-0.39, 0.29) is 19.0 Å². The molecule has 0 bridgehead atoms. The lowest BCUT2D eigenvalue weighted by molar-refractivity contribution is 0.174. The van der Waals surface area contributed by atoms with E-state index in [1.165, 1.54) is 0 Å². The summed E-state index contributed by atoms with van der Waals surface area (Å²) in [4.78, 5) is 17.6. The van der Waals surface area contributed by atoms with Crippen molar-refractivity contribution in [2.24, 2.45) is 0 Å². The number of aromatic amines is 1. The molecule has 0 saturated carbocycles. The molecule has 3 heterocycles. The third kappa shape index (κ3) is 4.18. The van der Waals surface area contributed by atoms with Gasteiger partial charge >= 0.3 is 0 Å².